The first-order valence-electron chi connectivity index (χ1n) is 8.07. The Hall–Kier alpha value is -2.27. The SMILES string of the molecule is Clc1cccc2c1OCCC2.NC(=O)Nc1cccc(C2CC2)n1. The molecule has 0 unspecified atom stereocenters. The molecule has 2 amide bonds. The van der Waals surface area contributed by atoms with Gasteiger partial charge in [0, 0.05) is 11.6 Å². The van der Waals surface area contributed by atoms with Crippen LogP contribution in [0.2, 0.25) is 5.02 Å². The van der Waals surface area contributed by atoms with Crippen LogP contribution in [0, 0.1) is 0 Å². The highest BCUT2D eigenvalue weighted by molar-refractivity contribution is 6.32. The van der Waals surface area contributed by atoms with Crippen molar-refractivity contribution in [3.63, 3.8) is 0 Å². The highest BCUT2D eigenvalue weighted by Crippen LogP contribution is 2.39. The van der Waals surface area contributed by atoms with Crippen LogP contribution in [-0.4, -0.2) is 17.6 Å². The van der Waals surface area contributed by atoms with Gasteiger partial charge in [-0.1, -0.05) is 29.8 Å². The number of fused-ring (bicyclic) bond motifs is 1. The number of aromatic nitrogens is 1. The third kappa shape index (κ3) is 4.38. The molecule has 1 saturated carbocycles. The summed E-state index contributed by atoms with van der Waals surface area (Å²) in [6.45, 7) is 0.802. The lowest BCUT2D eigenvalue weighted by atomic mass is 10.1. The van der Waals surface area contributed by atoms with Gasteiger partial charge >= 0.3 is 6.03 Å². The van der Waals surface area contributed by atoms with E-state index in [2.05, 4.69) is 16.4 Å². The predicted molar refractivity (Wildman–Crippen MR) is 94.7 cm³/mol. The highest BCUT2D eigenvalue weighted by atomic mass is 35.5. The lowest BCUT2D eigenvalue weighted by Gasteiger charge is -2.17. The minimum atomic E-state index is -0.569. The molecule has 2 heterocycles. The zero-order valence-electron chi connectivity index (χ0n) is 13.3. The van der Waals surface area contributed by atoms with Gasteiger partial charge in [-0.2, -0.15) is 0 Å². The topological polar surface area (TPSA) is 77.2 Å². The smallest absolute Gasteiger partial charge is 0.317 e. The number of amides is 2. The minimum absolute atomic E-state index is 0.539. The van der Waals surface area contributed by atoms with Crippen molar-refractivity contribution in [3.05, 3.63) is 52.7 Å². The van der Waals surface area contributed by atoms with Gasteiger partial charge in [0.2, 0.25) is 0 Å². The standard InChI is InChI=1S/C9H9ClO.C9H11N3O/c10-8-5-1-3-7-4-2-6-11-9(7)8;10-9(13)12-8-3-1-2-7(11-8)6-4-5-6/h1,3,5H,2,4,6H2;1-3,6H,4-5H2,(H3,10,11,12,13). The minimum Gasteiger partial charge on any atom is -0.492 e. The van der Waals surface area contributed by atoms with Crippen LogP contribution in [0.5, 0.6) is 5.75 Å². The number of ether oxygens (including phenoxy) is 1. The molecule has 126 valence electrons. The maximum Gasteiger partial charge on any atom is 0.317 e. The maximum absolute atomic E-state index is 10.5. The number of nitrogens with one attached hydrogen (secondary N) is 1. The van der Waals surface area contributed by atoms with Crippen LogP contribution < -0.4 is 15.8 Å². The van der Waals surface area contributed by atoms with Crippen LogP contribution in [-0.2, 0) is 6.42 Å². The lowest BCUT2D eigenvalue weighted by Crippen LogP contribution is -2.20. The van der Waals surface area contributed by atoms with Gasteiger partial charge in [0.05, 0.1) is 11.6 Å². The van der Waals surface area contributed by atoms with Gasteiger partial charge in [0.15, 0.2) is 0 Å². The molecule has 6 heteroatoms. The second kappa shape index (κ2) is 7.53. The zero-order valence-corrected chi connectivity index (χ0v) is 14.1. The molecule has 1 aliphatic carbocycles. The number of carbonyl (C=O) groups excluding carboxylic acids is 1. The van der Waals surface area contributed by atoms with Crippen LogP contribution in [0.1, 0.15) is 36.4 Å². The molecule has 0 atom stereocenters. The monoisotopic (exact) mass is 345 g/mol. The van der Waals surface area contributed by atoms with E-state index < -0.39 is 6.03 Å². The molecule has 2 aliphatic rings. The van der Waals surface area contributed by atoms with E-state index in [1.165, 1.54) is 18.4 Å². The van der Waals surface area contributed by atoms with Gasteiger partial charge < -0.3 is 10.5 Å². The van der Waals surface area contributed by atoms with E-state index in [0.29, 0.717) is 11.7 Å². The molecule has 0 spiro atoms. The number of anilines is 1. The van der Waals surface area contributed by atoms with Crippen molar-refractivity contribution in [1.82, 2.24) is 4.98 Å². The fourth-order valence-electron chi connectivity index (χ4n) is 2.60. The molecular formula is C18H20ClN3O2. The number of para-hydroxylation sites is 1. The quantitative estimate of drug-likeness (QED) is 0.859. The number of primary amides is 1. The molecule has 1 aromatic heterocycles. The van der Waals surface area contributed by atoms with Crippen LogP contribution >= 0.6 is 11.6 Å². The number of urea groups is 1. The molecule has 3 N–H and O–H groups in total. The van der Waals surface area contributed by atoms with Crippen LogP contribution in [0.3, 0.4) is 0 Å². The zero-order chi connectivity index (χ0) is 16.9. The van der Waals surface area contributed by atoms with Crippen molar-refractivity contribution in [3.8, 4) is 5.75 Å². The lowest BCUT2D eigenvalue weighted by molar-refractivity contribution is 0.259. The van der Waals surface area contributed by atoms with Crippen molar-refractivity contribution in [1.29, 1.82) is 0 Å². The molecule has 2 aromatic rings. The second-order valence-electron chi connectivity index (χ2n) is 5.89. The third-order valence-electron chi connectivity index (χ3n) is 3.90. The fourth-order valence-corrected chi connectivity index (χ4v) is 2.85. The first-order valence-corrected chi connectivity index (χ1v) is 8.45. The number of halogens is 1. The molecule has 24 heavy (non-hydrogen) atoms. The average Bonchev–Trinajstić information content (AvgIpc) is 3.41. The second-order valence-corrected chi connectivity index (χ2v) is 6.30. The number of hydrogen-bond acceptors (Lipinski definition) is 3. The van der Waals surface area contributed by atoms with Crippen molar-refractivity contribution >= 4 is 23.4 Å². The van der Waals surface area contributed by atoms with Crippen LogP contribution in [0.4, 0.5) is 10.6 Å². The number of pyridine rings is 1. The van der Waals surface area contributed by atoms with E-state index in [1.54, 1.807) is 6.07 Å². The molecule has 0 bridgehead atoms. The van der Waals surface area contributed by atoms with Gasteiger partial charge in [-0.05, 0) is 49.4 Å². The molecule has 0 radical (unpaired) electrons. The van der Waals surface area contributed by atoms with E-state index in [4.69, 9.17) is 22.1 Å². The Morgan fingerprint density at radius 3 is 2.75 bits per heavy atom. The summed E-state index contributed by atoms with van der Waals surface area (Å²) in [7, 11) is 0. The van der Waals surface area contributed by atoms with Crippen molar-refractivity contribution in [2.75, 3.05) is 11.9 Å². The van der Waals surface area contributed by atoms with Crippen molar-refractivity contribution in [2.45, 2.75) is 31.6 Å². The summed E-state index contributed by atoms with van der Waals surface area (Å²) in [5.74, 6) is 2.02. The number of benzene rings is 1. The van der Waals surface area contributed by atoms with Gasteiger partial charge in [-0.15, -0.1) is 0 Å². The summed E-state index contributed by atoms with van der Waals surface area (Å²) in [6, 6.07) is 10.9. The highest BCUT2D eigenvalue weighted by Gasteiger charge is 2.24. The number of aryl methyl sites for hydroxylation is 1. The van der Waals surface area contributed by atoms with E-state index in [1.807, 2.05) is 24.3 Å². The Morgan fingerprint density at radius 1 is 1.25 bits per heavy atom. The summed E-state index contributed by atoms with van der Waals surface area (Å²) in [5, 5.41) is 3.19. The van der Waals surface area contributed by atoms with Crippen LogP contribution in [0.15, 0.2) is 36.4 Å². The van der Waals surface area contributed by atoms with Gasteiger partial charge in [0.25, 0.3) is 0 Å². The summed E-state index contributed by atoms with van der Waals surface area (Å²) in [5.41, 5.74) is 7.26. The normalized spacial score (nSPS) is 15.4. The molecule has 0 saturated heterocycles. The Morgan fingerprint density at radius 2 is 2.04 bits per heavy atom. The fraction of sp³-hybridized carbons (Fsp3) is 0.333. The molecule has 1 aliphatic heterocycles. The molecule has 5 nitrogen and oxygen atoms in total. The first kappa shape index (κ1) is 16.6. The molecular weight excluding hydrogens is 326 g/mol. The Bertz CT molecular complexity index is 732. The van der Waals surface area contributed by atoms with Gasteiger partial charge in [0.1, 0.15) is 11.6 Å². The third-order valence-corrected chi connectivity index (χ3v) is 4.20. The van der Waals surface area contributed by atoms with E-state index in [0.717, 1.165) is 35.9 Å². The van der Waals surface area contributed by atoms with E-state index >= 15 is 0 Å². The summed E-state index contributed by atoms with van der Waals surface area (Å²) in [6.07, 6.45) is 4.60. The number of carbonyl (C=O) groups is 1. The number of nitrogens with two attached hydrogens (primary N) is 1. The van der Waals surface area contributed by atoms with Crippen molar-refractivity contribution in [2.24, 2.45) is 5.73 Å². The largest absolute Gasteiger partial charge is 0.492 e. The Kier molecular flexibility index (Phi) is 5.20. The number of hydrogen-bond donors (Lipinski definition) is 2. The number of rotatable bonds is 2. The molecule has 4 rings (SSSR count). The Labute approximate surface area is 146 Å². The van der Waals surface area contributed by atoms with Gasteiger partial charge in [-0.25, -0.2) is 9.78 Å². The number of nitrogens with zero attached hydrogens (tertiary/aromatic N) is 1. The van der Waals surface area contributed by atoms with Gasteiger partial charge in [-0.3, -0.25) is 5.32 Å². The van der Waals surface area contributed by atoms with Crippen molar-refractivity contribution < 1.29 is 9.53 Å². The Balaban J connectivity index is 0.000000143. The average molecular weight is 346 g/mol. The van der Waals surface area contributed by atoms with Crippen LogP contribution in [0.25, 0.3) is 0 Å². The molecule has 1 aromatic carbocycles. The summed E-state index contributed by atoms with van der Waals surface area (Å²) < 4.78 is 5.42. The summed E-state index contributed by atoms with van der Waals surface area (Å²) in [4.78, 5) is 14.8. The maximum atomic E-state index is 10.5. The molecule has 1 fully saturated rings. The van der Waals surface area contributed by atoms with E-state index in [9.17, 15) is 4.79 Å². The predicted octanol–water partition coefficient (Wildman–Crippen LogP) is 4.11. The summed E-state index contributed by atoms with van der Waals surface area (Å²) >= 11 is 5.92. The first-order chi connectivity index (χ1) is 11.6. The van der Waals surface area contributed by atoms with E-state index in [-0.39, 0.29) is 0 Å².